The van der Waals surface area contributed by atoms with E-state index in [4.69, 9.17) is 7.85 Å². The molecule has 0 saturated heterocycles. The van der Waals surface area contributed by atoms with Crippen LogP contribution in [0.25, 0.3) is 21.8 Å². The van der Waals surface area contributed by atoms with Crippen molar-refractivity contribution in [1.82, 2.24) is 4.98 Å². The van der Waals surface area contributed by atoms with Crippen LogP contribution in [0.3, 0.4) is 0 Å². The van der Waals surface area contributed by atoms with Gasteiger partial charge in [0, 0.05) is 0 Å². The molecule has 10 heteroatoms. The van der Waals surface area contributed by atoms with Crippen LogP contribution >= 0.6 is 0 Å². The summed E-state index contributed by atoms with van der Waals surface area (Å²) in [6.07, 6.45) is 0. The number of hydrogen-bond donors (Lipinski definition) is 8. The molecule has 0 unspecified atom stereocenters. The molecule has 116 valence electrons. The topological polar surface area (TPSA) is 174 Å². The van der Waals surface area contributed by atoms with E-state index < -0.39 is 72.9 Å². The van der Waals surface area contributed by atoms with Gasteiger partial charge in [-0.3, -0.25) is 4.79 Å². The van der Waals surface area contributed by atoms with Crippen molar-refractivity contribution < 1.29 is 35.7 Å². The van der Waals surface area contributed by atoms with Crippen molar-refractivity contribution >= 4 is 35.1 Å². The highest BCUT2D eigenvalue weighted by atomic mass is 16.3. The van der Waals surface area contributed by atoms with Crippen LogP contribution in [0.2, 0.25) is 0 Å². The molecule has 8 N–H and O–H groups in total. The number of phenols is 7. The van der Waals surface area contributed by atoms with E-state index in [2.05, 4.69) is 4.98 Å². The quantitative estimate of drug-likeness (QED) is 0.117. The van der Waals surface area contributed by atoms with Crippen LogP contribution in [0.4, 0.5) is 0 Å². The zero-order valence-corrected chi connectivity index (χ0v) is 11.1. The van der Waals surface area contributed by atoms with Crippen molar-refractivity contribution in [2.24, 2.45) is 0 Å². The molecule has 0 spiro atoms. The minimum atomic E-state index is -1.14. The summed E-state index contributed by atoms with van der Waals surface area (Å²) in [7, 11) is 5.37. The Bertz CT molecular complexity index is 991. The Morgan fingerprint density at radius 3 is 1.61 bits per heavy atom. The van der Waals surface area contributed by atoms with Gasteiger partial charge in [0.2, 0.25) is 16.9 Å². The predicted octanol–water partition coefficient (Wildman–Crippen LogP) is -0.586. The summed E-state index contributed by atoms with van der Waals surface area (Å²) in [6.45, 7) is 0. The van der Waals surface area contributed by atoms with E-state index in [9.17, 15) is 40.5 Å². The van der Waals surface area contributed by atoms with E-state index in [1.807, 2.05) is 0 Å². The molecule has 9 nitrogen and oxygen atoms in total. The molecule has 3 rings (SSSR count). The van der Waals surface area contributed by atoms with Crippen molar-refractivity contribution in [3.8, 4) is 40.2 Å². The van der Waals surface area contributed by atoms with E-state index in [0.717, 1.165) is 0 Å². The lowest BCUT2D eigenvalue weighted by molar-refractivity contribution is 0.350. The van der Waals surface area contributed by atoms with Gasteiger partial charge in [-0.1, -0.05) is 0 Å². The van der Waals surface area contributed by atoms with Crippen molar-refractivity contribution in [3.63, 3.8) is 0 Å². The second-order valence-corrected chi connectivity index (χ2v) is 4.81. The summed E-state index contributed by atoms with van der Waals surface area (Å²) in [5.74, 6) is -6.94. The fourth-order valence-corrected chi connectivity index (χ4v) is 2.36. The molecule has 0 bridgehead atoms. The smallest absolute Gasteiger partial charge is 0.206 e. The van der Waals surface area contributed by atoms with Crippen molar-refractivity contribution in [2.45, 2.75) is 0 Å². The van der Waals surface area contributed by atoms with E-state index in [0.29, 0.717) is 0 Å². The number of aromatic amines is 1. The summed E-state index contributed by atoms with van der Waals surface area (Å²) in [5.41, 5.74) is -2.82. The Morgan fingerprint density at radius 1 is 0.609 bits per heavy atom. The number of phenolic OH excluding ortho intramolecular Hbond substituents is 7. The molecule has 0 atom stereocenters. The third-order valence-corrected chi connectivity index (χ3v) is 3.56. The molecule has 0 fully saturated rings. The third-order valence-electron chi connectivity index (χ3n) is 3.56. The fourth-order valence-electron chi connectivity index (χ4n) is 2.36. The maximum absolute atomic E-state index is 12.5. The monoisotopic (exact) mass is 317 g/mol. The van der Waals surface area contributed by atoms with Crippen LogP contribution in [-0.2, 0) is 0 Å². The Kier molecular flexibility index (Phi) is 2.71. The fraction of sp³-hybridized carbons (Fsp3) is 0. The average molecular weight is 317 g/mol. The van der Waals surface area contributed by atoms with Crippen molar-refractivity contribution in [2.75, 3.05) is 0 Å². The van der Waals surface area contributed by atoms with Crippen LogP contribution in [-0.4, -0.2) is 48.6 Å². The highest BCUT2D eigenvalue weighted by Gasteiger charge is 2.25. The Balaban J connectivity index is 2.77. The lowest BCUT2D eigenvalue weighted by Gasteiger charge is -2.13. The molecular weight excluding hydrogens is 309 g/mol. The molecule has 0 aliphatic carbocycles. The van der Waals surface area contributed by atoms with E-state index in [1.54, 1.807) is 0 Å². The van der Waals surface area contributed by atoms with Crippen molar-refractivity contribution in [1.29, 1.82) is 0 Å². The van der Waals surface area contributed by atoms with Gasteiger partial charge in [0.1, 0.15) is 24.6 Å². The van der Waals surface area contributed by atoms with Crippen LogP contribution in [0.15, 0.2) is 4.79 Å². The minimum absolute atomic E-state index is 0.494. The lowest BCUT2D eigenvalue weighted by atomic mass is 9.90. The number of pyridine rings is 1. The SMILES string of the molecule is [B]c1c(O)c(O)c2[nH]c3c(O)c(O)c(O)c(O)c3c(=O)c2c1O. The molecular formula is C13H8BNO8. The molecule has 1 aromatic heterocycles. The molecule has 0 aliphatic rings. The number of benzene rings is 2. The number of fused-ring (bicyclic) bond motifs is 2. The normalized spacial score (nSPS) is 11.3. The number of aromatic hydroxyl groups is 7. The molecule has 0 aliphatic heterocycles. The molecule has 2 radical (unpaired) electrons. The first-order valence-electron chi connectivity index (χ1n) is 6.06. The summed E-state index contributed by atoms with van der Waals surface area (Å²) in [6, 6.07) is 0. The Morgan fingerprint density at radius 2 is 1.04 bits per heavy atom. The summed E-state index contributed by atoms with van der Waals surface area (Å²) < 4.78 is 0. The summed E-state index contributed by atoms with van der Waals surface area (Å²) in [4.78, 5) is 14.8. The molecule has 0 saturated carbocycles. The first-order valence-corrected chi connectivity index (χ1v) is 6.06. The molecule has 23 heavy (non-hydrogen) atoms. The van der Waals surface area contributed by atoms with Gasteiger partial charge in [-0.15, -0.1) is 0 Å². The van der Waals surface area contributed by atoms with Gasteiger partial charge in [0.05, 0.1) is 10.8 Å². The Hall–Kier alpha value is -3.43. The number of H-pyrrole nitrogens is 1. The van der Waals surface area contributed by atoms with E-state index >= 15 is 0 Å². The zero-order chi connectivity index (χ0) is 17.2. The van der Waals surface area contributed by atoms with Crippen LogP contribution < -0.4 is 10.9 Å². The van der Waals surface area contributed by atoms with Gasteiger partial charge in [-0.05, 0) is 5.46 Å². The largest absolute Gasteiger partial charge is 0.508 e. The first kappa shape index (κ1) is 14.5. The highest BCUT2D eigenvalue weighted by Crippen LogP contribution is 2.48. The van der Waals surface area contributed by atoms with Crippen LogP contribution in [0.5, 0.6) is 40.2 Å². The predicted molar refractivity (Wildman–Crippen MR) is 79.1 cm³/mol. The standard InChI is InChI=1S/C13H8BNO8/c14-3-7(17)1-4(10(20)9(3)19)15-5-2(6(1)16)8(18)12(22)13(23)11(5)21/h17-23H,(H,15,16). The van der Waals surface area contributed by atoms with Crippen LogP contribution in [0, 0.1) is 0 Å². The number of aromatic nitrogens is 1. The van der Waals surface area contributed by atoms with Gasteiger partial charge in [-0.25, -0.2) is 0 Å². The second-order valence-electron chi connectivity index (χ2n) is 4.81. The van der Waals surface area contributed by atoms with Gasteiger partial charge >= 0.3 is 0 Å². The van der Waals surface area contributed by atoms with Gasteiger partial charge in [0.25, 0.3) is 0 Å². The highest BCUT2D eigenvalue weighted by molar-refractivity contribution is 6.38. The number of nitrogens with one attached hydrogen (secondary N) is 1. The van der Waals surface area contributed by atoms with Gasteiger partial charge in [-0.2, -0.15) is 0 Å². The maximum Gasteiger partial charge on any atom is 0.206 e. The Labute approximate surface area is 127 Å². The number of rotatable bonds is 0. The van der Waals surface area contributed by atoms with E-state index in [-0.39, 0.29) is 0 Å². The molecule has 2 aromatic carbocycles. The third kappa shape index (κ3) is 1.59. The second kappa shape index (κ2) is 4.29. The first-order chi connectivity index (χ1) is 10.7. The van der Waals surface area contributed by atoms with Crippen molar-refractivity contribution in [3.05, 3.63) is 10.2 Å². The molecule has 1 heterocycles. The lowest BCUT2D eigenvalue weighted by Crippen LogP contribution is -2.12. The maximum atomic E-state index is 12.5. The average Bonchev–Trinajstić information content (AvgIpc) is 2.53. The summed E-state index contributed by atoms with van der Waals surface area (Å²) in [5, 5.41) is 66.8. The van der Waals surface area contributed by atoms with Gasteiger partial charge in [0.15, 0.2) is 23.0 Å². The van der Waals surface area contributed by atoms with Crippen LogP contribution in [0.1, 0.15) is 0 Å². The molecule has 3 aromatic rings. The number of hydrogen-bond acceptors (Lipinski definition) is 8. The summed E-state index contributed by atoms with van der Waals surface area (Å²) >= 11 is 0. The van der Waals surface area contributed by atoms with Gasteiger partial charge < -0.3 is 40.7 Å². The zero-order valence-electron chi connectivity index (χ0n) is 11.1. The molecule has 0 amide bonds. The minimum Gasteiger partial charge on any atom is -0.508 e. The van der Waals surface area contributed by atoms with E-state index in [1.165, 1.54) is 0 Å².